The quantitative estimate of drug-likeness (QED) is 0.486. The van der Waals surface area contributed by atoms with E-state index in [1.54, 1.807) is 0 Å². The fourth-order valence-electron chi connectivity index (χ4n) is 4.68. The van der Waals surface area contributed by atoms with Crippen molar-refractivity contribution in [1.82, 2.24) is 10.2 Å². The van der Waals surface area contributed by atoms with Gasteiger partial charge in [-0.05, 0) is 35.1 Å². The fraction of sp³-hybridized carbons (Fsp3) is 0.400. The number of alkyl carbamates (subject to hydrolysis) is 1. The lowest BCUT2D eigenvalue weighted by Crippen LogP contribution is -2.54. The Balaban J connectivity index is 1.40. The first-order chi connectivity index (χ1) is 16.3. The van der Waals surface area contributed by atoms with Crippen LogP contribution in [-0.2, 0) is 14.3 Å². The number of carbonyl (C=O) groups is 3. The van der Waals surface area contributed by atoms with E-state index >= 15 is 0 Å². The number of fused-ring (bicyclic) bond motifs is 3. The number of carbonyl (C=O) groups excluding carboxylic acids is 2. The number of likely N-dealkylation sites (tertiary alicyclic amines) is 1. The molecule has 4 N–H and O–H groups in total. The highest BCUT2D eigenvalue weighted by molar-refractivity contribution is 5.89. The van der Waals surface area contributed by atoms with E-state index in [1.165, 1.54) is 4.90 Å². The molecule has 1 aliphatic heterocycles. The number of carboxylic acids is 1. The molecule has 0 spiro atoms. The highest BCUT2D eigenvalue weighted by atomic mass is 16.5. The van der Waals surface area contributed by atoms with Gasteiger partial charge in [-0.15, -0.1) is 0 Å². The maximum atomic E-state index is 12.9. The molecule has 4 rings (SSSR count). The van der Waals surface area contributed by atoms with Crippen LogP contribution in [-0.4, -0.2) is 76.1 Å². The molecule has 180 valence electrons. The number of piperidine rings is 1. The lowest BCUT2D eigenvalue weighted by molar-refractivity contribution is -0.145. The highest BCUT2D eigenvalue weighted by Gasteiger charge is 2.37. The number of aliphatic carboxylic acids is 1. The number of nitrogens with one attached hydrogen (secondary N) is 1. The third kappa shape index (κ3) is 4.90. The van der Waals surface area contributed by atoms with Gasteiger partial charge in [0.05, 0.1) is 18.6 Å². The largest absolute Gasteiger partial charge is 0.481 e. The summed E-state index contributed by atoms with van der Waals surface area (Å²) in [6.45, 7) is -0.0660. The van der Waals surface area contributed by atoms with Crippen LogP contribution in [0, 0.1) is 0 Å². The smallest absolute Gasteiger partial charge is 0.407 e. The molecule has 2 aromatic carbocycles. The first-order valence-corrected chi connectivity index (χ1v) is 11.3. The van der Waals surface area contributed by atoms with Crippen molar-refractivity contribution in [1.29, 1.82) is 0 Å². The monoisotopic (exact) mass is 468 g/mol. The lowest BCUT2D eigenvalue weighted by Gasteiger charge is -2.38. The van der Waals surface area contributed by atoms with Crippen LogP contribution >= 0.6 is 0 Å². The zero-order chi connectivity index (χ0) is 24.3. The van der Waals surface area contributed by atoms with Gasteiger partial charge in [-0.1, -0.05) is 48.5 Å². The second kappa shape index (κ2) is 9.82. The third-order valence-corrected chi connectivity index (χ3v) is 6.61. The summed E-state index contributed by atoms with van der Waals surface area (Å²) in [6.07, 6.45) is -1.13. The van der Waals surface area contributed by atoms with E-state index in [0.29, 0.717) is 0 Å². The Labute approximate surface area is 197 Å². The van der Waals surface area contributed by atoms with Gasteiger partial charge in [-0.25, -0.2) is 4.79 Å². The second-order valence-electron chi connectivity index (χ2n) is 8.83. The van der Waals surface area contributed by atoms with Crippen molar-refractivity contribution in [2.75, 3.05) is 26.3 Å². The molecule has 0 saturated carbocycles. The number of aliphatic hydroxyl groups excluding tert-OH is 1. The highest BCUT2D eigenvalue weighted by Crippen LogP contribution is 2.44. The number of benzene rings is 2. The topological polar surface area (TPSA) is 136 Å². The molecule has 1 saturated heterocycles. The van der Waals surface area contributed by atoms with Gasteiger partial charge in [-0.2, -0.15) is 0 Å². The average Bonchev–Trinajstić information content (AvgIpc) is 3.16. The second-order valence-corrected chi connectivity index (χ2v) is 8.83. The number of rotatable bonds is 7. The lowest BCUT2D eigenvalue weighted by atomic mass is 9.92. The van der Waals surface area contributed by atoms with E-state index in [-0.39, 0.29) is 38.5 Å². The number of hydrogen-bond acceptors (Lipinski definition) is 6. The summed E-state index contributed by atoms with van der Waals surface area (Å²) in [5.41, 5.74) is 3.00. The number of hydrogen-bond donors (Lipinski definition) is 4. The Hall–Kier alpha value is -3.43. The van der Waals surface area contributed by atoms with Crippen molar-refractivity contribution in [2.24, 2.45) is 0 Å². The third-order valence-electron chi connectivity index (χ3n) is 6.61. The van der Waals surface area contributed by atoms with E-state index in [0.717, 1.165) is 22.3 Å². The maximum absolute atomic E-state index is 12.9. The van der Waals surface area contributed by atoms with Gasteiger partial charge >= 0.3 is 12.1 Å². The Morgan fingerprint density at radius 2 is 1.59 bits per heavy atom. The number of ether oxygens (including phenoxy) is 1. The standard InChI is InChI=1S/C25H28N2O7/c28-15-25(33)9-11-27(12-10-25)23(31)21(13-22(29)30)26-24(32)34-14-20-18-7-3-1-5-16(18)17-6-2-4-8-19(17)20/h1-8,20-21,28,33H,9-15H2,(H,26,32)(H,29,30). The van der Waals surface area contributed by atoms with E-state index in [9.17, 15) is 29.7 Å². The van der Waals surface area contributed by atoms with Crippen LogP contribution in [0.1, 0.15) is 36.3 Å². The van der Waals surface area contributed by atoms with Gasteiger partial charge in [-0.3, -0.25) is 9.59 Å². The number of aliphatic hydroxyl groups is 2. The molecule has 2 aliphatic rings. The fourth-order valence-corrected chi connectivity index (χ4v) is 4.68. The number of nitrogens with zero attached hydrogens (tertiary/aromatic N) is 1. The molecule has 1 unspecified atom stereocenters. The SMILES string of the molecule is O=C(O)CC(NC(=O)OCC1c2ccccc2-c2ccccc21)C(=O)N1CCC(O)(CO)CC1. The molecule has 1 fully saturated rings. The van der Waals surface area contributed by atoms with E-state index in [1.807, 2.05) is 48.5 Å². The Kier molecular flexibility index (Phi) is 6.85. The maximum Gasteiger partial charge on any atom is 0.407 e. The minimum Gasteiger partial charge on any atom is -0.481 e. The van der Waals surface area contributed by atoms with Crippen LogP contribution in [0.5, 0.6) is 0 Å². The number of amides is 2. The van der Waals surface area contributed by atoms with Crippen LogP contribution in [0.25, 0.3) is 11.1 Å². The Morgan fingerprint density at radius 3 is 2.12 bits per heavy atom. The normalized spacial score (nSPS) is 17.4. The van der Waals surface area contributed by atoms with Crippen LogP contribution in [0.2, 0.25) is 0 Å². The molecule has 2 aromatic rings. The summed E-state index contributed by atoms with van der Waals surface area (Å²) in [5, 5.41) is 31.1. The van der Waals surface area contributed by atoms with E-state index in [2.05, 4.69) is 5.32 Å². The first kappa shape index (κ1) is 23.7. The Morgan fingerprint density at radius 1 is 1.03 bits per heavy atom. The average molecular weight is 469 g/mol. The molecule has 1 aliphatic carbocycles. The van der Waals surface area contributed by atoms with Crippen LogP contribution < -0.4 is 5.32 Å². The summed E-state index contributed by atoms with van der Waals surface area (Å²) in [4.78, 5) is 38.2. The molecule has 1 atom stereocenters. The zero-order valence-corrected chi connectivity index (χ0v) is 18.6. The first-order valence-electron chi connectivity index (χ1n) is 11.3. The van der Waals surface area contributed by atoms with E-state index in [4.69, 9.17) is 4.74 Å². The van der Waals surface area contributed by atoms with Crippen LogP contribution in [0.15, 0.2) is 48.5 Å². The van der Waals surface area contributed by atoms with Crippen molar-refractivity contribution in [3.8, 4) is 11.1 Å². The zero-order valence-electron chi connectivity index (χ0n) is 18.6. The van der Waals surface area contributed by atoms with Crippen molar-refractivity contribution < 1.29 is 34.4 Å². The number of carboxylic acid groups (broad SMARTS) is 1. The minimum atomic E-state index is -1.30. The molecule has 1 heterocycles. The molecule has 2 amide bonds. The van der Waals surface area contributed by atoms with Gasteiger partial charge in [0, 0.05) is 19.0 Å². The van der Waals surface area contributed by atoms with Gasteiger partial charge < -0.3 is 30.3 Å². The summed E-state index contributed by atoms with van der Waals surface area (Å²) < 4.78 is 5.45. The molecule has 9 nitrogen and oxygen atoms in total. The van der Waals surface area contributed by atoms with Gasteiger partial charge in [0.1, 0.15) is 12.6 Å². The van der Waals surface area contributed by atoms with Crippen molar-refractivity contribution in [3.05, 3.63) is 59.7 Å². The van der Waals surface area contributed by atoms with Crippen molar-refractivity contribution >= 4 is 18.0 Å². The molecule has 9 heteroatoms. The van der Waals surface area contributed by atoms with E-state index < -0.39 is 42.6 Å². The molecule has 0 radical (unpaired) electrons. The summed E-state index contributed by atoms with van der Waals surface area (Å²) >= 11 is 0. The summed E-state index contributed by atoms with van der Waals surface area (Å²) in [6, 6.07) is 14.5. The molecule has 34 heavy (non-hydrogen) atoms. The summed E-state index contributed by atoms with van der Waals surface area (Å²) in [5.74, 6) is -1.96. The van der Waals surface area contributed by atoms with Gasteiger partial charge in [0.2, 0.25) is 5.91 Å². The minimum absolute atomic E-state index is 0.0427. The molecule has 0 aromatic heterocycles. The molecular weight excluding hydrogens is 440 g/mol. The van der Waals surface area contributed by atoms with Gasteiger partial charge in [0.25, 0.3) is 0 Å². The van der Waals surface area contributed by atoms with Crippen molar-refractivity contribution in [3.63, 3.8) is 0 Å². The van der Waals surface area contributed by atoms with Crippen LogP contribution in [0.3, 0.4) is 0 Å². The van der Waals surface area contributed by atoms with Gasteiger partial charge in [0.15, 0.2) is 0 Å². The Bertz CT molecular complexity index is 1030. The predicted molar refractivity (Wildman–Crippen MR) is 122 cm³/mol. The van der Waals surface area contributed by atoms with Crippen LogP contribution in [0.4, 0.5) is 4.79 Å². The molecule has 0 bridgehead atoms. The predicted octanol–water partition coefficient (Wildman–Crippen LogP) is 1.71. The van der Waals surface area contributed by atoms with Crippen molar-refractivity contribution in [2.45, 2.75) is 36.8 Å². The molecular formula is C25H28N2O7. The summed E-state index contributed by atoms with van der Waals surface area (Å²) in [7, 11) is 0.